The standard InChI is InChI=1S/C9H12BrNOS/c1-6-3-4-13-8(6)9(12)11-5-7(2)10/h3-4,7H,5H2,1-2H3,(H,11,12). The summed E-state index contributed by atoms with van der Waals surface area (Å²) in [5, 5.41) is 4.78. The lowest BCUT2D eigenvalue weighted by Crippen LogP contribution is -2.28. The predicted octanol–water partition coefficient (Wildman–Crippen LogP) is 2.57. The first kappa shape index (κ1) is 10.7. The molecule has 1 N–H and O–H groups in total. The van der Waals surface area contributed by atoms with Crippen LogP contribution in [0.15, 0.2) is 11.4 Å². The van der Waals surface area contributed by atoms with Gasteiger partial charge in [0, 0.05) is 11.4 Å². The van der Waals surface area contributed by atoms with Gasteiger partial charge in [0.1, 0.15) is 0 Å². The van der Waals surface area contributed by atoms with Gasteiger partial charge in [-0.3, -0.25) is 4.79 Å². The monoisotopic (exact) mass is 261 g/mol. The fourth-order valence-corrected chi connectivity index (χ4v) is 1.92. The van der Waals surface area contributed by atoms with Crippen LogP contribution in [-0.2, 0) is 0 Å². The quantitative estimate of drug-likeness (QED) is 0.833. The summed E-state index contributed by atoms with van der Waals surface area (Å²) in [6, 6.07) is 1.96. The van der Waals surface area contributed by atoms with Crippen molar-refractivity contribution in [1.29, 1.82) is 0 Å². The molecule has 0 saturated carbocycles. The molecule has 1 rings (SSSR count). The topological polar surface area (TPSA) is 29.1 Å². The molecule has 1 aromatic heterocycles. The Kier molecular flexibility index (Phi) is 3.93. The molecule has 1 amide bonds. The van der Waals surface area contributed by atoms with Crippen molar-refractivity contribution in [3.05, 3.63) is 21.9 Å². The average molecular weight is 262 g/mol. The maximum atomic E-state index is 11.5. The van der Waals surface area contributed by atoms with E-state index in [2.05, 4.69) is 21.2 Å². The minimum absolute atomic E-state index is 0.0267. The van der Waals surface area contributed by atoms with E-state index in [1.165, 1.54) is 11.3 Å². The molecule has 0 bridgehead atoms. The Morgan fingerprint density at radius 2 is 2.46 bits per heavy atom. The van der Waals surface area contributed by atoms with Crippen molar-refractivity contribution in [1.82, 2.24) is 5.32 Å². The molecule has 2 nitrogen and oxygen atoms in total. The Labute approximate surface area is 90.5 Å². The summed E-state index contributed by atoms with van der Waals surface area (Å²) in [6.07, 6.45) is 0. The third kappa shape index (κ3) is 3.12. The maximum Gasteiger partial charge on any atom is 0.261 e. The van der Waals surface area contributed by atoms with E-state index in [9.17, 15) is 4.79 Å². The normalized spacial score (nSPS) is 12.5. The van der Waals surface area contributed by atoms with E-state index in [-0.39, 0.29) is 5.91 Å². The number of amides is 1. The maximum absolute atomic E-state index is 11.5. The molecule has 0 aliphatic carbocycles. The number of alkyl halides is 1. The van der Waals surface area contributed by atoms with Gasteiger partial charge in [-0.15, -0.1) is 11.3 Å². The Morgan fingerprint density at radius 3 is 2.92 bits per heavy atom. The smallest absolute Gasteiger partial charge is 0.261 e. The van der Waals surface area contributed by atoms with Gasteiger partial charge in [-0.05, 0) is 23.9 Å². The second-order valence-corrected chi connectivity index (χ2v) is 5.40. The fourth-order valence-electron chi connectivity index (χ4n) is 0.919. The van der Waals surface area contributed by atoms with E-state index >= 15 is 0 Å². The van der Waals surface area contributed by atoms with Crippen molar-refractivity contribution < 1.29 is 4.79 Å². The van der Waals surface area contributed by atoms with Crippen molar-refractivity contribution in [2.45, 2.75) is 18.7 Å². The zero-order valence-corrected chi connectivity index (χ0v) is 10.0. The summed E-state index contributed by atoms with van der Waals surface area (Å²) in [5.41, 5.74) is 1.05. The van der Waals surface area contributed by atoms with E-state index in [0.717, 1.165) is 10.4 Å². The summed E-state index contributed by atoms with van der Waals surface area (Å²) in [4.78, 5) is 12.6. The lowest BCUT2D eigenvalue weighted by Gasteiger charge is -2.05. The number of nitrogens with one attached hydrogen (secondary N) is 1. The zero-order chi connectivity index (χ0) is 9.84. The van der Waals surface area contributed by atoms with Gasteiger partial charge in [-0.25, -0.2) is 0 Å². The first-order valence-electron chi connectivity index (χ1n) is 4.07. The van der Waals surface area contributed by atoms with Gasteiger partial charge in [0.15, 0.2) is 0 Å². The highest BCUT2D eigenvalue weighted by molar-refractivity contribution is 9.09. The molecular formula is C9H12BrNOS. The molecule has 0 aliphatic heterocycles. The number of rotatable bonds is 3. The molecule has 4 heteroatoms. The lowest BCUT2D eigenvalue weighted by atomic mass is 10.3. The Morgan fingerprint density at radius 1 is 1.77 bits per heavy atom. The third-order valence-electron chi connectivity index (χ3n) is 1.61. The molecule has 0 saturated heterocycles. The molecule has 0 aliphatic rings. The molecule has 1 unspecified atom stereocenters. The van der Waals surface area contributed by atoms with E-state index < -0.39 is 0 Å². The predicted molar refractivity (Wildman–Crippen MR) is 59.8 cm³/mol. The average Bonchev–Trinajstić information content (AvgIpc) is 2.47. The van der Waals surface area contributed by atoms with E-state index in [1.54, 1.807) is 0 Å². The summed E-state index contributed by atoms with van der Waals surface area (Å²) in [7, 11) is 0. The van der Waals surface area contributed by atoms with Crippen LogP contribution in [0.4, 0.5) is 0 Å². The summed E-state index contributed by atoms with van der Waals surface area (Å²) >= 11 is 4.86. The second-order valence-electron chi connectivity index (χ2n) is 2.92. The molecule has 0 spiro atoms. The lowest BCUT2D eigenvalue weighted by molar-refractivity contribution is 0.0958. The van der Waals surface area contributed by atoms with Crippen molar-refractivity contribution in [2.24, 2.45) is 0 Å². The highest BCUT2D eigenvalue weighted by atomic mass is 79.9. The summed E-state index contributed by atoms with van der Waals surface area (Å²) < 4.78 is 0. The molecular weight excluding hydrogens is 250 g/mol. The van der Waals surface area contributed by atoms with Gasteiger partial charge in [-0.1, -0.05) is 22.9 Å². The number of carbonyl (C=O) groups is 1. The third-order valence-corrected chi connectivity index (χ3v) is 2.95. The van der Waals surface area contributed by atoms with Gasteiger partial charge in [-0.2, -0.15) is 0 Å². The van der Waals surface area contributed by atoms with Crippen molar-refractivity contribution in [3.8, 4) is 0 Å². The fraction of sp³-hybridized carbons (Fsp3) is 0.444. The van der Waals surface area contributed by atoms with Crippen LogP contribution in [0, 0.1) is 6.92 Å². The largest absolute Gasteiger partial charge is 0.350 e. The van der Waals surface area contributed by atoms with Crippen LogP contribution >= 0.6 is 27.3 Å². The number of hydrogen-bond acceptors (Lipinski definition) is 2. The van der Waals surface area contributed by atoms with Crippen molar-refractivity contribution >= 4 is 33.2 Å². The van der Waals surface area contributed by atoms with Crippen LogP contribution in [0.3, 0.4) is 0 Å². The molecule has 72 valence electrons. The van der Waals surface area contributed by atoms with Crippen LogP contribution in [-0.4, -0.2) is 17.3 Å². The number of halogens is 1. The van der Waals surface area contributed by atoms with Gasteiger partial charge < -0.3 is 5.32 Å². The first-order valence-corrected chi connectivity index (χ1v) is 5.87. The summed E-state index contributed by atoms with van der Waals surface area (Å²) in [6.45, 7) is 4.61. The Bertz CT molecular complexity index is 296. The minimum atomic E-state index is 0.0267. The number of hydrogen-bond donors (Lipinski definition) is 1. The zero-order valence-electron chi connectivity index (χ0n) is 7.63. The van der Waals surface area contributed by atoms with Crippen LogP contribution in [0.25, 0.3) is 0 Å². The number of thiophene rings is 1. The molecule has 1 atom stereocenters. The van der Waals surface area contributed by atoms with Gasteiger partial charge in [0.2, 0.25) is 0 Å². The molecule has 1 heterocycles. The SMILES string of the molecule is Cc1ccsc1C(=O)NCC(C)Br. The molecule has 0 aromatic carbocycles. The second kappa shape index (κ2) is 4.77. The van der Waals surface area contributed by atoms with Gasteiger partial charge in [0.25, 0.3) is 5.91 Å². The molecule has 1 aromatic rings. The van der Waals surface area contributed by atoms with Gasteiger partial charge >= 0.3 is 0 Å². The molecule has 13 heavy (non-hydrogen) atoms. The van der Waals surface area contributed by atoms with Gasteiger partial charge in [0.05, 0.1) is 4.88 Å². The number of aryl methyl sites for hydroxylation is 1. The minimum Gasteiger partial charge on any atom is -0.350 e. The Hall–Kier alpha value is -0.350. The Balaban J connectivity index is 2.54. The van der Waals surface area contributed by atoms with Crippen LogP contribution in [0.2, 0.25) is 0 Å². The summed E-state index contributed by atoms with van der Waals surface area (Å²) in [5.74, 6) is 0.0267. The molecule has 0 fully saturated rings. The number of carbonyl (C=O) groups excluding carboxylic acids is 1. The molecule has 0 radical (unpaired) electrons. The van der Waals surface area contributed by atoms with Crippen molar-refractivity contribution in [2.75, 3.05) is 6.54 Å². The van der Waals surface area contributed by atoms with Crippen LogP contribution in [0.1, 0.15) is 22.2 Å². The first-order chi connectivity index (χ1) is 6.11. The highest BCUT2D eigenvalue weighted by Crippen LogP contribution is 2.14. The highest BCUT2D eigenvalue weighted by Gasteiger charge is 2.09. The van der Waals surface area contributed by atoms with Crippen LogP contribution < -0.4 is 5.32 Å². The van der Waals surface area contributed by atoms with E-state index in [4.69, 9.17) is 0 Å². The van der Waals surface area contributed by atoms with E-state index in [0.29, 0.717) is 11.4 Å². The van der Waals surface area contributed by atoms with E-state index in [1.807, 2.05) is 25.3 Å². The van der Waals surface area contributed by atoms with Crippen molar-refractivity contribution in [3.63, 3.8) is 0 Å². The van der Waals surface area contributed by atoms with Crippen LogP contribution in [0.5, 0.6) is 0 Å².